The second-order valence-electron chi connectivity index (χ2n) is 17.4. The topological polar surface area (TPSA) is 71.3 Å². The van der Waals surface area contributed by atoms with Crippen LogP contribution in [0, 0.1) is 0 Å². The fraction of sp³-hybridized carbons (Fsp3) is 0. The molecule has 0 unspecified atom stereocenters. The zero-order chi connectivity index (χ0) is 44.5. The summed E-state index contributed by atoms with van der Waals surface area (Å²) in [6.07, 6.45) is 1.91. The number of hydrogen-bond donors (Lipinski definition) is 0. The highest BCUT2D eigenvalue weighted by atomic mass is 15.2. The molecule has 9 aromatic carbocycles. The zero-order valence-electron chi connectivity index (χ0n) is 36.4. The quantitative estimate of drug-likeness (QED) is 0.173. The molecule has 6 aromatic heterocycles. The molecule has 6 heterocycles. The fourth-order valence-corrected chi connectivity index (χ4v) is 11.0. The molecular formula is C60H36N8. The van der Waals surface area contributed by atoms with Gasteiger partial charge in [-0.15, -0.1) is 0 Å². The molecule has 68 heavy (non-hydrogen) atoms. The van der Waals surface area contributed by atoms with Crippen molar-refractivity contribution in [3.63, 3.8) is 0 Å². The third kappa shape index (κ3) is 5.08. The number of fused-ring (bicyclic) bond motifs is 15. The molecule has 0 aliphatic rings. The van der Waals surface area contributed by atoms with E-state index >= 15 is 0 Å². The molecule has 0 spiro atoms. The van der Waals surface area contributed by atoms with Crippen LogP contribution in [-0.4, -0.2) is 38.2 Å². The summed E-state index contributed by atoms with van der Waals surface area (Å²) >= 11 is 0. The molecule has 0 aliphatic heterocycles. The van der Waals surface area contributed by atoms with Gasteiger partial charge in [0.15, 0.2) is 5.65 Å². The number of aromatic nitrogens is 8. The lowest BCUT2D eigenvalue weighted by molar-refractivity contribution is 0.970. The minimum absolute atomic E-state index is 0.528. The van der Waals surface area contributed by atoms with E-state index in [-0.39, 0.29) is 0 Å². The monoisotopic (exact) mass is 868 g/mol. The Morgan fingerprint density at radius 3 is 1.34 bits per heavy atom. The molecule has 0 bridgehead atoms. The summed E-state index contributed by atoms with van der Waals surface area (Å²) < 4.78 is 9.24. The van der Waals surface area contributed by atoms with E-state index in [1.807, 2.05) is 12.3 Å². The first kappa shape index (κ1) is 36.9. The van der Waals surface area contributed by atoms with Gasteiger partial charge in [-0.05, 0) is 54.6 Å². The van der Waals surface area contributed by atoms with Crippen LogP contribution in [0.3, 0.4) is 0 Å². The average molecular weight is 869 g/mol. The van der Waals surface area contributed by atoms with Crippen LogP contribution in [0.5, 0.6) is 0 Å². The molecule has 0 N–H and O–H groups in total. The normalized spacial score (nSPS) is 12.1. The largest absolute Gasteiger partial charge is 0.309 e. The van der Waals surface area contributed by atoms with Crippen molar-refractivity contribution < 1.29 is 0 Å². The van der Waals surface area contributed by atoms with Crippen molar-refractivity contribution in [2.24, 2.45) is 0 Å². The van der Waals surface area contributed by atoms with Crippen LogP contribution >= 0.6 is 0 Å². The molecule has 15 aromatic rings. The van der Waals surface area contributed by atoms with Crippen molar-refractivity contribution in [3.8, 4) is 34.5 Å². The van der Waals surface area contributed by atoms with Gasteiger partial charge in [0.05, 0.1) is 55.2 Å². The smallest absolute Gasteiger partial charge is 0.237 e. The lowest BCUT2D eigenvalue weighted by Gasteiger charge is -2.14. The maximum absolute atomic E-state index is 5.53. The van der Waals surface area contributed by atoms with Crippen LogP contribution in [0.15, 0.2) is 219 Å². The molecule has 0 atom stereocenters. The number of para-hydroxylation sites is 6. The van der Waals surface area contributed by atoms with Gasteiger partial charge in [0.25, 0.3) is 0 Å². The van der Waals surface area contributed by atoms with Crippen LogP contribution in [0.25, 0.3) is 133 Å². The highest BCUT2D eigenvalue weighted by molar-refractivity contribution is 6.26. The Kier molecular flexibility index (Phi) is 7.62. The lowest BCUT2D eigenvalue weighted by atomic mass is 10.1. The Balaban J connectivity index is 1.07. The standard InChI is InChI=1S/C60H36N8/c1-4-18-37(19-5-1)54-47-36-61-59(68-50-30-16-12-26-42(50)45-33-32-44-41-25-10-14-28-48(41)66(56(44)57(45)68)39-22-8-3-9-23-39)63-58(47)64-60(62-54)67-49-29-15-11-24-40(49)43-34-35-52-53(55(43)67)46-27-13-17-31-51(46)65(52)38-20-6-2-7-21-38/h1-36H. The summed E-state index contributed by atoms with van der Waals surface area (Å²) in [4.78, 5) is 21.8. The Bertz CT molecular complexity index is 4540. The zero-order valence-corrected chi connectivity index (χ0v) is 36.4. The molecular weight excluding hydrogens is 833 g/mol. The van der Waals surface area contributed by atoms with Crippen molar-refractivity contribution in [3.05, 3.63) is 219 Å². The van der Waals surface area contributed by atoms with E-state index in [0.29, 0.717) is 17.5 Å². The van der Waals surface area contributed by atoms with Gasteiger partial charge >= 0.3 is 0 Å². The molecule has 0 aliphatic carbocycles. The summed E-state index contributed by atoms with van der Waals surface area (Å²) in [6.45, 7) is 0. The Hall–Kier alpha value is -9.40. The first-order chi connectivity index (χ1) is 33.8. The number of rotatable bonds is 5. The Morgan fingerprint density at radius 2 is 0.721 bits per heavy atom. The van der Waals surface area contributed by atoms with Crippen LogP contribution in [0.4, 0.5) is 0 Å². The highest BCUT2D eigenvalue weighted by Crippen LogP contribution is 2.44. The van der Waals surface area contributed by atoms with Gasteiger partial charge in [-0.3, -0.25) is 9.13 Å². The first-order valence-electron chi connectivity index (χ1n) is 22.9. The predicted octanol–water partition coefficient (Wildman–Crippen LogP) is 14.5. The van der Waals surface area contributed by atoms with E-state index in [1.54, 1.807) is 0 Å². The fourth-order valence-electron chi connectivity index (χ4n) is 11.0. The first-order valence-corrected chi connectivity index (χ1v) is 22.9. The molecule has 0 amide bonds. The summed E-state index contributed by atoms with van der Waals surface area (Å²) in [5, 5.41) is 9.88. The second-order valence-corrected chi connectivity index (χ2v) is 17.4. The van der Waals surface area contributed by atoms with E-state index in [0.717, 1.165) is 110 Å². The maximum Gasteiger partial charge on any atom is 0.237 e. The third-order valence-electron chi connectivity index (χ3n) is 13.8. The minimum atomic E-state index is 0.528. The molecule has 0 saturated carbocycles. The molecule has 0 radical (unpaired) electrons. The Morgan fingerprint density at radius 1 is 0.279 bits per heavy atom. The van der Waals surface area contributed by atoms with E-state index in [2.05, 4.69) is 225 Å². The van der Waals surface area contributed by atoms with E-state index < -0.39 is 0 Å². The second kappa shape index (κ2) is 14.1. The van der Waals surface area contributed by atoms with E-state index in [4.69, 9.17) is 19.9 Å². The van der Waals surface area contributed by atoms with Crippen LogP contribution in [0.2, 0.25) is 0 Å². The van der Waals surface area contributed by atoms with Crippen molar-refractivity contribution in [2.45, 2.75) is 0 Å². The lowest BCUT2D eigenvalue weighted by Crippen LogP contribution is -2.07. The van der Waals surface area contributed by atoms with Gasteiger partial charge in [0.2, 0.25) is 11.9 Å². The van der Waals surface area contributed by atoms with Crippen molar-refractivity contribution >= 4 is 98.3 Å². The summed E-state index contributed by atoms with van der Waals surface area (Å²) in [5.74, 6) is 1.06. The van der Waals surface area contributed by atoms with Crippen molar-refractivity contribution in [1.82, 2.24) is 38.2 Å². The van der Waals surface area contributed by atoms with Gasteiger partial charge in [0.1, 0.15) is 0 Å². The average Bonchev–Trinajstić information content (AvgIpc) is 4.14. The number of benzene rings is 9. The van der Waals surface area contributed by atoms with Crippen molar-refractivity contribution in [2.75, 3.05) is 0 Å². The van der Waals surface area contributed by atoms with Crippen molar-refractivity contribution in [1.29, 1.82) is 0 Å². The third-order valence-corrected chi connectivity index (χ3v) is 13.8. The summed E-state index contributed by atoms with van der Waals surface area (Å²) in [6, 6.07) is 75.1. The number of nitrogens with zero attached hydrogens (tertiary/aromatic N) is 8. The highest BCUT2D eigenvalue weighted by Gasteiger charge is 2.26. The molecule has 8 heteroatoms. The molecule has 0 fully saturated rings. The van der Waals surface area contributed by atoms with E-state index in [1.165, 1.54) is 5.39 Å². The Labute approximate surface area is 387 Å². The van der Waals surface area contributed by atoms with Gasteiger partial charge in [-0.25, -0.2) is 9.97 Å². The van der Waals surface area contributed by atoms with Gasteiger partial charge in [-0.2, -0.15) is 9.97 Å². The van der Waals surface area contributed by atoms with Crippen LogP contribution < -0.4 is 0 Å². The summed E-state index contributed by atoms with van der Waals surface area (Å²) in [5.41, 5.74) is 13.0. The van der Waals surface area contributed by atoms with Crippen LogP contribution in [-0.2, 0) is 0 Å². The van der Waals surface area contributed by atoms with Gasteiger partial charge in [-0.1, -0.05) is 158 Å². The predicted molar refractivity (Wildman–Crippen MR) is 278 cm³/mol. The van der Waals surface area contributed by atoms with E-state index in [9.17, 15) is 0 Å². The SMILES string of the molecule is c1ccc(-c2nc(-n3c4ccccc4c4ccc5c(c6ccccc6n5-c5ccccc5)c43)nc3nc(-n4c5ccccc5c5ccc6c7ccccc7n(-c7ccccc7)c6c54)ncc23)cc1. The molecule has 316 valence electrons. The van der Waals surface area contributed by atoms with Gasteiger partial charge in [0, 0.05) is 66.2 Å². The van der Waals surface area contributed by atoms with Crippen LogP contribution in [0.1, 0.15) is 0 Å². The molecule has 8 nitrogen and oxygen atoms in total. The summed E-state index contributed by atoms with van der Waals surface area (Å²) in [7, 11) is 0. The van der Waals surface area contributed by atoms with Gasteiger partial charge < -0.3 is 9.13 Å². The molecule has 15 rings (SSSR count). The minimum Gasteiger partial charge on any atom is -0.309 e. The number of hydrogen-bond acceptors (Lipinski definition) is 4. The molecule has 0 saturated heterocycles. The maximum atomic E-state index is 5.53.